The summed E-state index contributed by atoms with van der Waals surface area (Å²) in [5, 5.41) is 3.43. The molecule has 0 fully saturated rings. The first-order chi connectivity index (χ1) is 9.72. The van der Waals surface area contributed by atoms with Crippen molar-refractivity contribution in [2.45, 2.75) is 13.3 Å². The fourth-order valence-corrected chi connectivity index (χ4v) is 2.06. The lowest BCUT2D eigenvalue weighted by atomic mass is 10.2. The second-order valence-corrected chi connectivity index (χ2v) is 4.85. The molecule has 0 saturated heterocycles. The summed E-state index contributed by atoms with van der Waals surface area (Å²) in [4.78, 5) is 8.10. The minimum atomic E-state index is 0.215. The molecule has 0 unspecified atom stereocenters. The van der Waals surface area contributed by atoms with Gasteiger partial charge in [-0.25, -0.2) is 9.97 Å². The van der Waals surface area contributed by atoms with E-state index in [4.69, 9.17) is 21.1 Å². The summed E-state index contributed by atoms with van der Waals surface area (Å²) in [6, 6.07) is 5.71. The second-order valence-electron chi connectivity index (χ2n) is 4.51. The number of nitrogens with one attached hydrogen (secondary N) is 1. The number of hydrogen-bond acceptors (Lipinski definition) is 5. The lowest BCUT2D eigenvalue weighted by molar-refractivity contribution is 0.297. The highest BCUT2D eigenvalue weighted by Crippen LogP contribution is 2.33. The van der Waals surface area contributed by atoms with Crippen molar-refractivity contribution in [3.8, 4) is 11.5 Å². The summed E-state index contributed by atoms with van der Waals surface area (Å²) < 4.78 is 11.3. The van der Waals surface area contributed by atoms with E-state index in [-0.39, 0.29) is 5.28 Å². The van der Waals surface area contributed by atoms with E-state index in [9.17, 15) is 0 Å². The number of halogens is 1. The van der Waals surface area contributed by atoms with Crippen LogP contribution in [-0.2, 0) is 0 Å². The zero-order valence-corrected chi connectivity index (χ0v) is 11.8. The molecular formula is C14H14ClN3O2. The molecule has 3 rings (SSSR count). The Hall–Kier alpha value is -2.01. The molecule has 2 heterocycles. The predicted octanol–water partition coefficient (Wildman–Crippen LogP) is 3.34. The second kappa shape index (κ2) is 5.54. The minimum absolute atomic E-state index is 0.215. The van der Waals surface area contributed by atoms with Gasteiger partial charge in [-0.1, -0.05) is 0 Å². The third-order valence-electron chi connectivity index (χ3n) is 2.95. The van der Waals surface area contributed by atoms with E-state index < -0.39 is 0 Å². The number of hydrogen-bond donors (Lipinski definition) is 1. The van der Waals surface area contributed by atoms with Gasteiger partial charge in [0.25, 0.3) is 0 Å². The largest absolute Gasteiger partial charge is 0.490 e. The number of aromatic nitrogens is 2. The van der Waals surface area contributed by atoms with Crippen LogP contribution in [-0.4, -0.2) is 23.2 Å². The number of rotatable bonds is 2. The van der Waals surface area contributed by atoms with Gasteiger partial charge < -0.3 is 14.8 Å². The first kappa shape index (κ1) is 13.0. The molecule has 0 aliphatic carbocycles. The van der Waals surface area contributed by atoms with E-state index in [0.29, 0.717) is 19.0 Å². The van der Waals surface area contributed by atoms with Crippen molar-refractivity contribution in [3.63, 3.8) is 0 Å². The summed E-state index contributed by atoms with van der Waals surface area (Å²) in [5.74, 6) is 2.19. The van der Waals surface area contributed by atoms with Gasteiger partial charge in [-0.2, -0.15) is 0 Å². The molecule has 104 valence electrons. The smallest absolute Gasteiger partial charge is 0.224 e. The quantitative estimate of drug-likeness (QED) is 0.860. The number of fused-ring (bicyclic) bond motifs is 1. The number of ether oxygens (including phenoxy) is 2. The molecule has 1 aromatic carbocycles. The van der Waals surface area contributed by atoms with E-state index in [0.717, 1.165) is 29.2 Å². The van der Waals surface area contributed by atoms with Gasteiger partial charge in [-0.3, -0.25) is 0 Å². The molecule has 2 aromatic rings. The van der Waals surface area contributed by atoms with Crippen molar-refractivity contribution in [3.05, 3.63) is 35.2 Å². The topological polar surface area (TPSA) is 56.3 Å². The van der Waals surface area contributed by atoms with Gasteiger partial charge >= 0.3 is 0 Å². The Morgan fingerprint density at radius 1 is 1.20 bits per heavy atom. The fourth-order valence-electron chi connectivity index (χ4n) is 1.92. The van der Waals surface area contributed by atoms with Gasteiger partial charge in [0.15, 0.2) is 11.5 Å². The molecule has 0 radical (unpaired) electrons. The van der Waals surface area contributed by atoms with Crippen LogP contribution in [0, 0.1) is 6.92 Å². The van der Waals surface area contributed by atoms with Gasteiger partial charge in [0, 0.05) is 29.9 Å². The van der Waals surface area contributed by atoms with E-state index in [2.05, 4.69) is 15.3 Å². The zero-order chi connectivity index (χ0) is 13.9. The van der Waals surface area contributed by atoms with Gasteiger partial charge in [0.2, 0.25) is 5.28 Å². The molecule has 1 N–H and O–H groups in total. The molecular weight excluding hydrogens is 278 g/mol. The summed E-state index contributed by atoms with van der Waals surface area (Å²) in [6.45, 7) is 3.26. The monoisotopic (exact) mass is 291 g/mol. The number of anilines is 2. The van der Waals surface area contributed by atoms with E-state index in [1.165, 1.54) is 0 Å². The lowest BCUT2D eigenvalue weighted by Gasteiger charge is -2.12. The van der Waals surface area contributed by atoms with Crippen LogP contribution < -0.4 is 14.8 Å². The third-order valence-corrected chi connectivity index (χ3v) is 3.13. The summed E-state index contributed by atoms with van der Waals surface area (Å²) in [7, 11) is 0. The normalized spacial score (nSPS) is 13.7. The Bertz CT molecular complexity index is 634. The Morgan fingerprint density at radius 2 is 2.00 bits per heavy atom. The maximum atomic E-state index is 5.81. The minimum Gasteiger partial charge on any atom is -0.490 e. The van der Waals surface area contributed by atoms with Crippen LogP contribution in [0.15, 0.2) is 24.4 Å². The molecule has 1 aliphatic heterocycles. The van der Waals surface area contributed by atoms with Gasteiger partial charge in [0.05, 0.1) is 13.2 Å². The Labute approximate surface area is 121 Å². The van der Waals surface area contributed by atoms with Crippen LogP contribution in [0.25, 0.3) is 0 Å². The average molecular weight is 292 g/mol. The Kier molecular flexibility index (Phi) is 3.60. The highest BCUT2D eigenvalue weighted by molar-refractivity contribution is 6.28. The summed E-state index contributed by atoms with van der Waals surface area (Å²) in [5.41, 5.74) is 1.79. The molecule has 0 saturated carbocycles. The van der Waals surface area contributed by atoms with Crippen molar-refractivity contribution in [1.29, 1.82) is 0 Å². The molecule has 5 nitrogen and oxygen atoms in total. The maximum Gasteiger partial charge on any atom is 0.224 e. The Balaban J connectivity index is 1.87. The first-order valence-electron chi connectivity index (χ1n) is 6.38. The number of benzene rings is 1. The Morgan fingerprint density at radius 3 is 2.85 bits per heavy atom. The molecule has 0 amide bonds. The van der Waals surface area contributed by atoms with Crippen molar-refractivity contribution >= 4 is 23.1 Å². The highest BCUT2D eigenvalue weighted by Gasteiger charge is 2.11. The summed E-state index contributed by atoms with van der Waals surface area (Å²) in [6.07, 6.45) is 2.57. The van der Waals surface area contributed by atoms with E-state index in [1.807, 2.05) is 25.1 Å². The van der Waals surface area contributed by atoms with Crippen LogP contribution in [0.3, 0.4) is 0 Å². The molecule has 6 heteroatoms. The molecule has 1 aliphatic rings. The number of aryl methyl sites for hydroxylation is 1. The molecule has 0 atom stereocenters. The summed E-state index contributed by atoms with van der Waals surface area (Å²) >= 11 is 5.81. The molecule has 0 bridgehead atoms. The van der Waals surface area contributed by atoms with Crippen molar-refractivity contribution in [2.75, 3.05) is 18.5 Å². The average Bonchev–Trinajstić information content (AvgIpc) is 2.67. The molecule has 1 aromatic heterocycles. The van der Waals surface area contributed by atoms with Crippen LogP contribution in [0.5, 0.6) is 11.5 Å². The predicted molar refractivity (Wildman–Crippen MR) is 77.1 cm³/mol. The molecule has 20 heavy (non-hydrogen) atoms. The van der Waals surface area contributed by atoms with Crippen LogP contribution in [0.1, 0.15) is 12.0 Å². The van der Waals surface area contributed by atoms with Crippen molar-refractivity contribution in [1.82, 2.24) is 9.97 Å². The van der Waals surface area contributed by atoms with Crippen LogP contribution in [0.2, 0.25) is 5.28 Å². The first-order valence-corrected chi connectivity index (χ1v) is 6.76. The lowest BCUT2D eigenvalue weighted by Crippen LogP contribution is -1.99. The number of nitrogens with zero attached hydrogens (tertiary/aromatic N) is 2. The zero-order valence-electron chi connectivity index (χ0n) is 11.0. The highest BCUT2D eigenvalue weighted by atomic mass is 35.5. The standard InChI is InChI=1S/C14H14ClN3O2/c1-9-8-16-14(15)18-13(9)17-10-3-4-11-12(7-10)20-6-2-5-19-11/h3-4,7-8H,2,5-6H2,1H3,(H,16,17,18). The van der Waals surface area contributed by atoms with Gasteiger partial charge in [-0.05, 0) is 30.7 Å². The van der Waals surface area contributed by atoms with E-state index in [1.54, 1.807) is 6.20 Å². The van der Waals surface area contributed by atoms with Gasteiger partial charge in [0.1, 0.15) is 5.82 Å². The third kappa shape index (κ3) is 2.77. The van der Waals surface area contributed by atoms with Gasteiger partial charge in [-0.15, -0.1) is 0 Å². The maximum absolute atomic E-state index is 5.81. The van der Waals surface area contributed by atoms with Crippen LogP contribution in [0.4, 0.5) is 11.5 Å². The SMILES string of the molecule is Cc1cnc(Cl)nc1Nc1ccc2c(c1)OCCCO2. The van der Waals surface area contributed by atoms with Crippen LogP contribution >= 0.6 is 11.6 Å². The molecule has 0 spiro atoms. The fraction of sp³-hybridized carbons (Fsp3) is 0.286. The van der Waals surface area contributed by atoms with E-state index >= 15 is 0 Å². The van der Waals surface area contributed by atoms with Crippen molar-refractivity contribution in [2.24, 2.45) is 0 Å². The van der Waals surface area contributed by atoms with Crippen molar-refractivity contribution < 1.29 is 9.47 Å².